The van der Waals surface area contributed by atoms with E-state index < -0.39 is 5.97 Å². The Labute approximate surface area is 156 Å². The number of pyridine rings is 1. The zero-order valence-electron chi connectivity index (χ0n) is 14.5. The summed E-state index contributed by atoms with van der Waals surface area (Å²) in [7, 11) is 1.32. The van der Waals surface area contributed by atoms with Gasteiger partial charge in [-0.15, -0.1) is 0 Å². The lowest BCUT2D eigenvalue weighted by Crippen LogP contribution is -2.22. The highest BCUT2D eigenvalue weighted by Gasteiger charge is 2.15. The van der Waals surface area contributed by atoms with Crippen LogP contribution in [0.25, 0.3) is 11.1 Å². The molecule has 3 aromatic rings. The molecule has 0 bridgehead atoms. The van der Waals surface area contributed by atoms with Gasteiger partial charge >= 0.3 is 5.97 Å². The molecule has 0 fully saturated rings. The van der Waals surface area contributed by atoms with Crippen molar-refractivity contribution in [3.63, 3.8) is 0 Å². The molecular weight excluding hydrogens is 350 g/mol. The maximum absolute atomic E-state index is 12.7. The number of hydrogen-bond donors (Lipinski definition) is 0. The van der Waals surface area contributed by atoms with E-state index in [-0.39, 0.29) is 5.56 Å². The van der Waals surface area contributed by atoms with Crippen LogP contribution < -0.4 is 5.56 Å². The van der Waals surface area contributed by atoms with Crippen molar-refractivity contribution in [3.8, 4) is 11.1 Å². The van der Waals surface area contributed by atoms with Crippen LogP contribution in [0.2, 0.25) is 5.02 Å². The van der Waals surface area contributed by atoms with Crippen LogP contribution in [0.3, 0.4) is 0 Å². The summed E-state index contributed by atoms with van der Waals surface area (Å²) in [5.41, 5.74) is 3.34. The van der Waals surface area contributed by atoms with Gasteiger partial charge in [0.25, 0.3) is 5.56 Å². The molecule has 132 valence electrons. The van der Waals surface area contributed by atoms with E-state index in [0.717, 1.165) is 11.3 Å². The highest BCUT2D eigenvalue weighted by atomic mass is 35.5. The fourth-order valence-electron chi connectivity index (χ4n) is 2.90. The maximum atomic E-state index is 12.7. The molecule has 1 heterocycles. The van der Waals surface area contributed by atoms with E-state index in [2.05, 4.69) is 0 Å². The molecule has 4 nitrogen and oxygen atoms in total. The van der Waals surface area contributed by atoms with Gasteiger partial charge < -0.3 is 9.30 Å². The van der Waals surface area contributed by atoms with Crippen molar-refractivity contribution in [2.24, 2.45) is 0 Å². The van der Waals surface area contributed by atoms with Crippen molar-refractivity contribution in [3.05, 3.63) is 92.9 Å². The number of nitrogens with zero attached hydrogens (tertiary/aromatic N) is 1. The molecule has 0 atom stereocenters. The molecule has 3 rings (SSSR count). The highest BCUT2D eigenvalue weighted by Crippen LogP contribution is 2.27. The molecule has 2 aromatic carbocycles. The van der Waals surface area contributed by atoms with Crippen molar-refractivity contribution >= 4 is 17.6 Å². The van der Waals surface area contributed by atoms with Gasteiger partial charge in [0.05, 0.1) is 19.2 Å². The van der Waals surface area contributed by atoms with Crippen molar-refractivity contribution < 1.29 is 9.53 Å². The minimum atomic E-state index is -0.492. The maximum Gasteiger partial charge on any atom is 0.338 e. The van der Waals surface area contributed by atoms with E-state index in [4.69, 9.17) is 16.3 Å². The second-order valence-electron chi connectivity index (χ2n) is 5.98. The van der Waals surface area contributed by atoms with E-state index in [1.54, 1.807) is 22.8 Å². The third-order valence-electron chi connectivity index (χ3n) is 4.22. The molecule has 0 amide bonds. The summed E-state index contributed by atoms with van der Waals surface area (Å²) in [6.07, 6.45) is 0. The van der Waals surface area contributed by atoms with E-state index >= 15 is 0 Å². The fourth-order valence-corrected chi connectivity index (χ4v) is 3.07. The number of aromatic nitrogens is 1. The summed E-state index contributed by atoms with van der Waals surface area (Å²) in [5, 5.41) is 0.434. The van der Waals surface area contributed by atoms with Crippen LogP contribution in [-0.2, 0) is 11.3 Å². The van der Waals surface area contributed by atoms with Gasteiger partial charge in [0.2, 0.25) is 0 Å². The number of aryl methyl sites for hydroxylation is 1. The zero-order valence-corrected chi connectivity index (χ0v) is 15.3. The summed E-state index contributed by atoms with van der Waals surface area (Å²) < 4.78 is 6.54. The van der Waals surface area contributed by atoms with Gasteiger partial charge in [0.1, 0.15) is 0 Å². The summed E-state index contributed by atoms with van der Waals surface area (Å²) in [4.78, 5) is 24.8. The van der Waals surface area contributed by atoms with E-state index in [9.17, 15) is 9.59 Å². The predicted molar refractivity (Wildman–Crippen MR) is 103 cm³/mol. The van der Waals surface area contributed by atoms with Crippen molar-refractivity contribution in [1.82, 2.24) is 4.57 Å². The quantitative estimate of drug-likeness (QED) is 0.645. The first kappa shape index (κ1) is 18.0. The Bertz CT molecular complexity index is 1010. The van der Waals surface area contributed by atoms with Crippen LogP contribution in [0, 0.1) is 6.92 Å². The highest BCUT2D eigenvalue weighted by molar-refractivity contribution is 6.31. The van der Waals surface area contributed by atoms with Crippen LogP contribution in [0.15, 0.2) is 65.5 Å². The Kier molecular flexibility index (Phi) is 5.24. The largest absolute Gasteiger partial charge is 0.465 e. The van der Waals surface area contributed by atoms with E-state index in [1.165, 1.54) is 13.2 Å². The number of ether oxygens (including phenoxy) is 1. The van der Waals surface area contributed by atoms with Crippen LogP contribution in [0.5, 0.6) is 0 Å². The number of benzene rings is 2. The molecule has 0 radical (unpaired) electrons. The second kappa shape index (κ2) is 7.58. The number of halogens is 1. The average Bonchev–Trinajstić information content (AvgIpc) is 2.64. The lowest BCUT2D eigenvalue weighted by atomic mass is 9.99. The summed E-state index contributed by atoms with van der Waals surface area (Å²) in [5.74, 6) is -0.492. The molecule has 0 aliphatic carbocycles. The van der Waals surface area contributed by atoms with Gasteiger partial charge in [0.15, 0.2) is 0 Å². The number of methoxy groups -OCH3 is 1. The zero-order chi connectivity index (χ0) is 18.7. The van der Waals surface area contributed by atoms with Crippen LogP contribution >= 0.6 is 11.6 Å². The molecule has 0 saturated heterocycles. The van der Waals surface area contributed by atoms with Gasteiger partial charge in [0, 0.05) is 16.8 Å². The van der Waals surface area contributed by atoms with Gasteiger partial charge in [-0.2, -0.15) is 0 Å². The van der Waals surface area contributed by atoms with Gasteiger partial charge in [-0.05, 0) is 41.8 Å². The molecule has 26 heavy (non-hydrogen) atoms. The van der Waals surface area contributed by atoms with Crippen molar-refractivity contribution in [2.45, 2.75) is 13.5 Å². The molecular formula is C21H18ClNO3. The first-order valence-corrected chi connectivity index (χ1v) is 8.51. The number of esters is 1. The lowest BCUT2D eigenvalue weighted by Gasteiger charge is -2.14. The number of hydrogen-bond acceptors (Lipinski definition) is 3. The van der Waals surface area contributed by atoms with Crippen molar-refractivity contribution in [2.75, 3.05) is 7.11 Å². The number of rotatable bonds is 4. The topological polar surface area (TPSA) is 48.3 Å². The van der Waals surface area contributed by atoms with Crippen molar-refractivity contribution in [1.29, 1.82) is 0 Å². The number of carbonyl (C=O) groups is 1. The van der Waals surface area contributed by atoms with E-state index in [1.807, 2.05) is 43.3 Å². The predicted octanol–water partition coefficient (Wildman–Crippen LogP) is 4.31. The normalized spacial score (nSPS) is 10.6. The second-order valence-corrected chi connectivity index (χ2v) is 6.41. The molecule has 5 heteroatoms. The third kappa shape index (κ3) is 3.70. The standard InChI is InChI=1S/C21H18ClNO3/c1-14-10-16(18-9-8-17(22)12-19(18)21(25)26-2)11-20(24)23(14)13-15-6-4-3-5-7-15/h3-12H,13H2,1-2H3. The lowest BCUT2D eigenvalue weighted by molar-refractivity contribution is 0.0601. The van der Waals surface area contributed by atoms with Crippen LogP contribution in [-0.4, -0.2) is 17.6 Å². The number of carbonyl (C=O) groups excluding carboxylic acids is 1. The van der Waals surface area contributed by atoms with Gasteiger partial charge in [-0.25, -0.2) is 4.79 Å². The first-order chi connectivity index (χ1) is 12.5. The Morgan fingerprint density at radius 1 is 1.08 bits per heavy atom. The molecule has 0 N–H and O–H groups in total. The van der Waals surface area contributed by atoms with Crippen LogP contribution in [0.1, 0.15) is 21.6 Å². The smallest absolute Gasteiger partial charge is 0.338 e. The third-order valence-corrected chi connectivity index (χ3v) is 4.45. The molecule has 0 unspecified atom stereocenters. The average molecular weight is 368 g/mol. The first-order valence-electron chi connectivity index (χ1n) is 8.13. The minimum Gasteiger partial charge on any atom is -0.465 e. The Balaban J connectivity index is 2.06. The molecule has 0 aliphatic heterocycles. The molecule has 0 spiro atoms. The van der Waals surface area contributed by atoms with Gasteiger partial charge in [-0.1, -0.05) is 48.0 Å². The van der Waals surface area contributed by atoms with Gasteiger partial charge in [-0.3, -0.25) is 4.79 Å². The summed E-state index contributed by atoms with van der Waals surface area (Å²) >= 11 is 6.01. The minimum absolute atomic E-state index is 0.130. The SMILES string of the molecule is COC(=O)c1cc(Cl)ccc1-c1cc(C)n(Cc2ccccc2)c(=O)c1. The summed E-state index contributed by atoms with van der Waals surface area (Å²) in [6, 6.07) is 18.2. The monoisotopic (exact) mass is 367 g/mol. The Morgan fingerprint density at radius 3 is 2.46 bits per heavy atom. The molecule has 1 aromatic heterocycles. The molecule has 0 aliphatic rings. The Morgan fingerprint density at radius 2 is 1.81 bits per heavy atom. The fraction of sp³-hybridized carbons (Fsp3) is 0.143. The summed E-state index contributed by atoms with van der Waals surface area (Å²) in [6.45, 7) is 2.37. The molecule has 0 saturated carbocycles. The van der Waals surface area contributed by atoms with Crippen LogP contribution in [0.4, 0.5) is 0 Å². The Hall–Kier alpha value is -2.85. The van der Waals surface area contributed by atoms with E-state index in [0.29, 0.717) is 28.3 Å².